The summed E-state index contributed by atoms with van der Waals surface area (Å²) in [4.78, 5) is 0. The van der Waals surface area contributed by atoms with Crippen LogP contribution in [-0.4, -0.2) is 43.7 Å². The van der Waals surface area contributed by atoms with Crippen molar-refractivity contribution in [3.63, 3.8) is 0 Å². The standard InChI is InChI=1S/C11H25NO3/c1-4-5-14-6-7-15-10(8-13)11(12)9(2)3/h9-11,13H,4-8,12H2,1-3H3. The second-order valence-corrected chi connectivity index (χ2v) is 4.03. The van der Waals surface area contributed by atoms with Crippen molar-refractivity contribution in [3.8, 4) is 0 Å². The van der Waals surface area contributed by atoms with E-state index in [0.717, 1.165) is 13.0 Å². The summed E-state index contributed by atoms with van der Waals surface area (Å²) in [6.07, 6.45) is 0.727. The Bertz CT molecular complexity index is 142. The second kappa shape index (κ2) is 9.09. The molecule has 0 radical (unpaired) electrons. The molecule has 0 aromatic carbocycles. The molecule has 0 aliphatic heterocycles. The first-order valence-corrected chi connectivity index (χ1v) is 5.69. The van der Waals surface area contributed by atoms with Gasteiger partial charge in [-0.2, -0.15) is 0 Å². The van der Waals surface area contributed by atoms with Gasteiger partial charge in [-0.1, -0.05) is 20.8 Å². The van der Waals surface area contributed by atoms with Crippen LogP contribution in [0.4, 0.5) is 0 Å². The van der Waals surface area contributed by atoms with E-state index in [9.17, 15) is 0 Å². The molecule has 2 unspecified atom stereocenters. The fraction of sp³-hybridized carbons (Fsp3) is 1.00. The maximum Gasteiger partial charge on any atom is 0.0959 e. The molecule has 0 aromatic rings. The van der Waals surface area contributed by atoms with E-state index < -0.39 is 0 Å². The highest BCUT2D eigenvalue weighted by atomic mass is 16.5. The average molecular weight is 219 g/mol. The van der Waals surface area contributed by atoms with Gasteiger partial charge in [0.15, 0.2) is 0 Å². The van der Waals surface area contributed by atoms with Gasteiger partial charge in [-0.3, -0.25) is 0 Å². The van der Waals surface area contributed by atoms with Crippen LogP contribution in [0.25, 0.3) is 0 Å². The molecule has 0 rings (SSSR count). The number of hydrogen-bond acceptors (Lipinski definition) is 4. The van der Waals surface area contributed by atoms with Crippen molar-refractivity contribution in [2.24, 2.45) is 11.7 Å². The molecule has 0 aromatic heterocycles. The molecule has 0 fully saturated rings. The van der Waals surface area contributed by atoms with Crippen molar-refractivity contribution < 1.29 is 14.6 Å². The Hall–Kier alpha value is -0.160. The third kappa shape index (κ3) is 6.84. The van der Waals surface area contributed by atoms with E-state index in [-0.39, 0.29) is 18.8 Å². The molecule has 0 heterocycles. The molecule has 0 amide bonds. The van der Waals surface area contributed by atoms with E-state index in [4.69, 9.17) is 20.3 Å². The smallest absolute Gasteiger partial charge is 0.0959 e. The van der Waals surface area contributed by atoms with Crippen molar-refractivity contribution in [2.75, 3.05) is 26.4 Å². The first kappa shape index (κ1) is 14.8. The van der Waals surface area contributed by atoms with Crippen LogP contribution in [0.5, 0.6) is 0 Å². The number of hydrogen-bond donors (Lipinski definition) is 2. The van der Waals surface area contributed by atoms with Gasteiger partial charge in [0.05, 0.1) is 25.9 Å². The zero-order valence-electron chi connectivity index (χ0n) is 10.1. The quantitative estimate of drug-likeness (QED) is 0.562. The molecule has 0 bridgehead atoms. The molecule has 3 N–H and O–H groups in total. The largest absolute Gasteiger partial charge is 0.394 e. The van der Waals surface area contributed by atoms with Crippen LogP contribution in [0.15, 0.2) is 0 Å². The van der Waals surface area contributed by atoms with E-state index in [0.29, 0.717) is 19.1 Å². The first-order chi connectivity index (χ1) is 7.13. The fourth-order valence-electron chi connectivity index (χ4n) is 1.22. The van der Waals surface area contributed by atoms with Gasteiger partial charge in [0.2, 0.25) is 0 Å². The van der Waals surface area contributed by atoms with Crippen LogP contribution in [0.3, 0.4) is 0 Å². The maximum atomic E-state index is 9.10. The van der Waals surface area contributed by atoms with Crippen LogP contribution < -0.4 is 5.73 Å². The number of nitrogens with two attached hydrogens (primary N) is 1. The van der Waals surface area contributed by atoms with Crippen LogP contribution in [0.1, 0.15) is 27.2 Å². The predicted molar refractivity (Wildman–Crippen MR) is 60.7 cm³/mol. The lowest BCUT2D eigenvalue weighted by Gasteiger charge is -2.25. The minimum absolute atomic E-state index is 0.0346. The Morgan fingerprint density at radius 3 is 2.33 bits per heavy atom. The third-order valence-electron chi connectivity index (χ3n) is 2.29. The zero-order chi connectivity index (χ0) is 11.7. The molecule has 0 saturated carbocycles. The van der Waals surface area contributed by atoms with Crippen LogP contribution >= 0.6 is 0 Å². The second-order valence-electron chi connectivity index (χ2n) is 4.03. The number of ether oxygens (including phenoxy) is 2. The molecular weight excluding hydrogens is 194 g/mol. The summed E-state index contributed by atoms with van der Waals surface area (Å²) < 4.78 is 10.7. The van der Waals surface area contributed by atoms with Crippen molar-refractivity contribution >= 4 is 0 Å². The minimum atomic E-state index is -0.282. The van der Waals surface area contributed by atoms with Gasteiger partial charge < -0.3 is 20.3 Å². The molecule has 2 atom stereocenters. The van der Waals surface area contributed by atoms with Gasteiger partial charge in [-0.25, -0.2) is 0 Å². The molecule has 4 nitrogen and oxygen atoms in total. The number of aliphatic hydroxyl groups excluding tert-OH is 1. The van der Waals surface area contributed by atoms with Crippen LogP contribution in [0, 0.1) is 5.92 Å². The van der Waals surface area contributed by atoms with Gasteiger partial charge in [0.25, 0.3) is 0 Å². The summed E-state index contributed by atoms with van der Waals surface area (Å²) >= 11 is 0. The Labute approximate surface area is 92.7 Å². The highest BCUT2D eigenvalue weighted by Crippen LogP contribution is 2.06. The Balaban J connectivity index is 3.61. The van der Waals surface area contributed by atoms with Gasteiger partial charge in [0, 0.05) is 12.6 Å². The molecule has 0 spiro atoms. The van der Waals surface area contributed by atoms with E-state index >= 15 is 0 Å². The van der Waals surface area contributed by atoms with Gasteiger partial charge in [0.1, 0.15) is 0 Å². The average Bonchev–Trinajstić information content (AvgIpc) is 2.22. The zero-order valence-corrected chi connectivity index (χ0v) is 10.1. The molecule has 0 saturated heterocycles. The summed E-state index contributed by atoms with van der Waals surface area (Å²) in [6.45, 7) is 7.87. The molecule has 15 heavy (non-hydrogen) atoms. The van der Waals surface area contributed by atoms with Gasteiger partial charge in [-0.15, -0.1) is 0 Å². The SMILES string of the molecule is CCCOCCOC(CO)C(N)C(C)C. The topological polar surface area (TPSA) is 64.7 Å². The normalized spacial score (nSPS) is 15.6. The molecule has 4 heteroatoms. The molecular formula is C11H25NO3. The summed E-state index contributed by atoms with van der Waals surface area (Å²) in [7, 11) is 0. The van der Waals surface area contributed by atoms with E-state index in [1.54, 1.807) is 0 Å². The molecule has 0 aliphatic rings. The molecule has 92 valence electrons. The summed E-state index contributed by atoms with van der Waals surface area (Å²) in [6, 6.07) is -0.124. The van der Waals surface area contributed by atoms with E-state index in [1.165, 1.54) is 0 Å². The van der Waals surface area contributed by atoms with Crippen LogP contribution in [0.2, 0.25) is 0 Å². The van der Waals surface area contributed by atoms with Crippen molar-refractivity contribution in [1.29, 1.82) is 0 Å². The maximum absolute atomic E-state index is 9.10. The highest BCUT2D eigenvalue weighted by Gasteiger charge is 2.20. The Morgan fingerprint density at radius 2 is 1.87 bits per heavy atom. The minimum Gasteiger partial charge on any atom is -0.394 e. The predicted octanol–water partition coefficient (Wildman–Crippen LogP) is 0.774. The van der Waals surface area contributed by atoms with Gasteiger partial charge >= 0.3 is 0 Å². The number of rotatable bonds is 9. The van der Waals surface area contributed by atoms with Crippen molar-refractivity contribution in [3.05, 3.63) is 0 Å². The summed E-state index contributed by atoms with van der Waals surface area (Å²) in [5, 5.41) is 9.10. The van der Waals surface area contributed by atoms with Crippen molar-refractivity contribution in [1.82, 2.24) is 0 Å². The lowest BCUT2D eigenvalue weighted by Crippen LogP contribution is -2.43. The lowest BCUT2D eigenvalue weighted by molar-refractivity contribution is -0.0362. The van der Waals surface area contributed by atoms with Gasteiger partial charge in [-0.05, 0) is 12.3 Å². The highest BCUT2D eigenvalue weighted by molar-refractivity contribution is 4.75. The van der Waals surface area contributed by atoms with Crippen molar-refractivity contribution in [2.45, 2.75) is 39.3 Å². The lowest BCUT2D eigenvalue weighted by atomic mass is 10.0. The summed E-state index contributed by atoms with van der Waals surface area (Å²) in [5.41, 5.74) is 5.89. The first-order valence-electron chi connectivity index (χ1n) is 5.69. The summed E-state index contributed by atoms with van der Waals surface area (Å²) in [5.74, 6) is 0.304. The third-order valence-corrected chi connectivity index (χ3v) is 2.29. The number of aliphatic hydroxyl groups is 1. The van der Waals surface area contributed by atoms with E-state index in [2.05, 4.69) is 6.92 Å². The molecule has 0 aliphatic carbocycles. The van der Waals surface area contributed by atoms with E-state index in [1.807, 2.05) is 13.8 Å². The Morgan fingerprint density at radius 1 is 1.20 bits per heavy atom. The fourth-order valence-corrected chi connectivity index (χ4v) is 1.22. The Kier molecular flexibility index (Phi) is 9.00. The monoisotopic (exact) mass is 219 g/mol. The van der Waals surface area contributed by atoms with Crippen LogP contribution in [-0.2, 0) is 9.47 Å².